The summed E-state index contributed by atoms with van der Waals surface area (Å²) in [5.74, 6) is 1.33. The predicted octanol–water partition coefficient (Wildman–Crippen LogP) is 4.94. The zero-order valence-electron chi connectivity index (χ0n) is 18.0. The van der Waals surface area contributed by atoms with Gasteiger partial charge < -0.3 is 20.5 Å². The van der Waals surface area contributed by atoms with Gasteiger partial charge in [-0.25, -0.2) is 14.4 Å². The van der Waals surface area contributed by atoms with Crippen LogP contribution in [0.25, 0.3) is 10.9 Å². The Morgan fingerprint density at radius 1 is 1.21 bits per heavy atom. The van der Waals surface area contributed by atoms with Crippen LogP contribution in [0.1, 0.15) is 29.2 Å². The van der Waals surface area contributed by atoms with Gasteiger partial charge in [-0.05, 0) is 54.2 Å². The van der Waals surface area contributed by atoms with Gasteiger partial charge in [0.25, 0.3) is 0 Å². The lowest BCUT2D eigenvalue weighted by atomic mass is 9.96. The molecule has 33 heavy (non-hydrogen) atoms. The van der Waals surface area contributed by atoms with Gasteiger partial charge in [-0.1, -0.05) is 0 Å². The number of methoxy groups -OCH3 is 1. The minimum atomic E-state index is -4.60. The van der Waals surface area contributed by atoms with Crippen molar-refractivity contribution in [3.63, 3.8) is 0 Å². The molecule has 3 aromatic rings. The van der Waals surface area contributed by atoms with Crippen LogP contribution in [-0.4, -0.2) is 37.0 Å². The number of rotatable bonds is 7. The Morgan fingerprint density at radius 3 is 2.70 bits per heavy atom. The third kappa shape index (κ3) is 5.11. The highest BCUT2D eigenvalue weighted by molar-refractivity contribution is 5.91. The molecule has 2 atom stereocenters. The second-order valence-corrected chi connectivity index (χ2v) is 8.07. The van der Waals surface area contributed by atoms with E-state index in [4.69, 9.17) is 15.2 Å². The van der Waals surface area contributed by atoms with Gasteiger partial charge in [-0.15, -0.1) is 0 Å². The Kier molecular flexibility index (Phi) is 6.55. The number of nitrogens with one attached hydrogen (secondary N) is 1. The molecule has 1 unspecified atom stereocenters. The van der Waals surface area contributed by atoms with Crippen LogP contribution in [-0.2, 0) is 17.3 Å². The molecular formula is C23H24F4N4O2. The summed E-state index contributed by atoms with van der Waals surface area (Å²) in [4.78, 5) is 8.51. The Labute approximate surface area is 188 Å². The largest absolute Gasteiger partial charge is 0.496 e. The standard InChI is InChI=1S/C23H24F4N4O2/c1-32-21-9-19-18(7-15(21)4-13-2-3-33-11-13)22(30-12-29-19)31-20(10-24)14-5-16(23(25,26)27)8-17(28)6-14/h5-9,12-13,20H,2-4,10-11,28H2,1H3,(H,29,30,31)/t13?,20-/m1/s1. The molecule has 0 aliphatic carbocycles. The third-order valence-electron chi connectivity index (χ3n) is 5.74. The molecule has 1 aliphatic rings. The summed E-state index contributed by atoms with van der Waals surface area (Å²) in [5, 5.41) is 3.55. The number of hydrogen-bond donors (Lipinski definition) is 2. The lowest BCUT2D eigenvalue weighted by Gasteiger charge is -2.20. The topological polar surface area (TPSA) is 82.3 Å². The first-order valence-corrected chi connectivity index (χ1v) is 10.5. The van der Waals surface area contributed by atoms with E-state index in [1.165, 1.54) is 12.4 Å². The van der Waals surface area contributed by atoms with Crippen LogP contribution in [0.2, 0.25) is 0 Å². The number of aromatic nitrogens is 2. The number of hydrogen-bond acceptors (Lipinski definition) is 6. The van der Waals surface area contributed by atoms with Crippen LogP contribution in [0.4, 0.5) is 29.1 Å². The molecule has 0 amide bonds. The highest BCUT2D eigenvalue weighted by Crippen LogP contribution is 2.35. The summed E-state index contributed by atoms with van der Waals surface area (Å²) < 4.78 is 64.7. The average molecular weight is 464 g/mol. The van der Waals surface area contributed by atoms with Gasteiger partial charge in [-0.3, -0.25) is 0 Å². The molecule has 6 nitrogen and oxygen atoms in total. The van der Waals surface area contributed by atoms with E-state index in [9.17, 15) is 17.6 Å². The average Bonchev–Trinajstić information content (AvgIpc) is 3.29. The lowest BCUT2D eigenvalue weighted by Crippen LogP contribution is -2.16. The van der Waals surface area contributed by atoms with E-state index in [1.54, 1.807) is 13.2 Å². The normalized spacial score (nSPS) is 17.3. The Morgan fingerprint density at radius 2 is 2.03 bits per heavy atom. The SMILES string of the molecule is COc1cc2ncnc(N[C@H](CF)c3cc(N)cc(C(F)(F)F)c3)c2cc1CC1CCOC1. The van der Waals surface area contributed by atoms with Crippen molar-refractivity contribution in [3.05, 3.63) is 53.3 Å². The Balaban J connectivity index is 1.70. The number of anilines is 2. The number of alkyl halides is 4. The molecule has 1 aromatic heterocycles. The second kappa shape index (κ2) is 9.38. The van der Waals surface area contributed by atoms with Crippen LogP contribution in [0.3, 0.4) is 0 Å². The zero-order valence-corrected chi connectivity index (χ0v) is 18.0. The van der Waals surface area contributed by atoms with Gasteiger partial charge in [0.05, 0.1) is 24.2 Å². The fourth-order valence-electron chi connectivity index (χ4n) is 4.07. The van der Waals surface area contributed by atoms with E-state index >= 15 is 0 Å². The summed E-state index contributed by atoms with van der Waals surface area (Å²) in [7, 11) is 1.58. The van der Waals surface area contributed by atoms with Gasteiger partial charge in [0.1, 0.15) is 24.6 Å². The van der Waals surface area contributed by atoms with E-state index in [0.29, 0.717) is 35.0 Å². The number of benzene rings is 2. The molecule has 176 valence electrons. The van der Waals surface area contributed by atoms with Crippen LogP contribution in [0, 0.1) is 5.92 Å². The minimum absolute atomic E-state index is 0.0772. The van der Waals surface area contributed by atoms with Crippen molar-refractivity contribution in [1.29, 1.82) is 0 Å². The van der Waals surface area contributed by atoms with E-state index in [0.717, 1.165) is 37.1 Å². The lowest BCUT2D eigenvalue weighted by molar-refractivity contribution is -0.137. The van der Waals surface area contributed by atoms with Gasteiger partial charge in [-0.2, -0.15) is 13.2 Å². The predicted molar refractivity (Wildman–Crippen MR) is 117 cm³/mol. The van der Waals surface area contributed by atoms with Crippen molar-refractivity contribution < 1.29 is 27.0 Å². The molecular weight excluding hydrogens is 440 g/mol. The van der Waals surface area contributed by atoms with Gasteiger partial charge in [0.15, 0.2) is 0 Å². The van der Waals surface area contributed by atoms with Crippen LogP contribution < -0.4 is 15.8 Å². The molecule has 1 fully saturated rings. The molecule has 1 aliphatic heterocycles. The molecule has 0 bridgehead atoms. The van der Waals surface area contributed by atoms with Crippen LogP contribution in [0.5, 0.6) is 5.75 Å². The van der Waals surface area contributed by atoms with Crippen LogP contribution in [0.15, 0.2) is 36.7 Å². The molecule has 0 saturated carbocycles. The fourth-order valence-corrected chi connectivity index (χ4v) is 4.07. The smallest absolute Gasteiger partial charge is 0.416 e. The van der Waals surface area contributed by atoms with Crippen molar-refractivity contribution in [2.75, 3.05) is 38.0 Å². The molecule has 0 radical (unpaired) electrons. The molecule has 10 heteroatoms. The van der Waals surface area contributed by atoms with Crippen molar-refractivity contribution in [1.82, 2.24) is 9.97 Å². The van der Waals surface area contributed by atoms with E-state index in [2.05, 4.69) is 15.3 Å². The first-order chi connectivity index (χ1) is 15.8. The van der Waals surface area contributed by atoms with Gasteiger partial charge >= 0.3 is 6.18 Å². The van der Waals surface area contributed by atoms with Crippen molar-refractivity contribution >= 4 is 22.4 Å². The monoisotopic (exact) mass is 464 g/mol. The van der Waals surface area contributed by atoms with E-state index < -0.39 is 24.5 Å². The van der Waals surface area contributed by atoms with Crippen molar-refractivity contribution in [2.24, 2.45) is 5.92 Å². The summed E-state index contributed by atoms with van der Waals surface area (Å²) in [5.41, 5.74) is 6.20. The maximum absolute atomic E-state index is 14.0. The van der Waals surface area contributed by atoms with Crippen LogP contribution >= 0.6 is 0 Å². The zero-order chi connectivity index (χ0) is 23.6. The van der Waals surface area contributed by atoms with Gasteiger partial charge in [0.2, 0.25) is 0 Å². The molecule has 3 N–H and O–H groups in total. The molecule has 1 saturated heterocycles. The first-order valence-electron chi connectivity index (χ1n) is 10.5. The summed E-state index contributed by atoms with van der Waals surface area (Å²) in [6.07, 6.45) is -1.62. The molecule has 0 spiro atoms. The molecule has 4 rings (SSSR count). The number of halogens is 4. The van der Waals surface area contributed by atoms with E-state index in [-0.39, 0.29) is 11.3 Å². The fraction of sp³-hybridized carbons (Fsp3) is 0.391. The molecule has 2 heterocycles. The Bertz CT molecular complexity index is 1130. The number of nitrogens with zero attached hydrogens (tertiary/aromatic N) is 2. The summed E-state index contributed by atoms with van der Waals surface area (Å²) in [6.45, 7) is 0.419. The number of nitrogen functional groups attached to an aromatic ring is 1. The number of fused-ring (bicyclic) bond motifs is 1. The number of nitrogens with two attached hydrogens (primary N) is 1. The van der Waals surface area contributed by atoms with Crippen molar-refractivity contribution in [3.8, 4) is 5.75 Å². The maximum Gasteiger partial charge on any atom is 0.416 e. The first kappa shape index (κ1) is 23.0. The third-order valence-corrected chi connectivity index (χ3v) is 5.74. The maximum atomic E-state index is 14.0. The highest BCUT2D eigenvalue weighted by atomic mass is 19.4. The second-order valence-electron chi connectivity index (χ2n) is 8.07. The Hall–Kier alpha value is -3.14. The van der Waals surface area contributed by atoms with Crippen molar-refractivity contribution in [2.45, 2.75) is 25.1 Å². The molecule has 2 aromatic carbocycles. The summed E-state index contributed by atoms with van der Waals surface area (Å²) in [6, 6.07) is 5.62. The number of ether oxygens (including phenoxy) is 2. The minimum Gasteiger partial charge on any atom is -0.496 e. The highest BCUT2D eigenvalue weighted by Gasteiger charge is 2.32. The summed E-state index contributed by atoms with van der Waals surface area (Å²) >= 11 is 0. The van der Waals surface area contributed by atoms with E-state index in [1.807, 2.05) is 6.07 Å². The van der Waals surface area contributed by atoms with Gasteiger partial charge in [0, 0.05) is 30.4 Å². The quantitative estimate of drug-likeness (QED) is 0.381.